The van der Waals surface area contributed by atoms with Gasteiger partial charge in [-0.3, -0.25) is 4.79 Å². The molecule has 1 amide bonds. The topological polar surface area (TPSA) is 55.1 Å². The molecule has 3 N–H and O–H groups in total. The monoisotopic (exact) mass is 224 g/mol. The van der Waals surface area contributed by atoms with Crippen molar-refractivity contribution >= 4 is 28.9 Å². The average Bonchev–Trinajstić information content (AvgIpc) is 2.95. The van der Waals surface area contributed by atoms with Gasteiger partial charge in [-0.15, -0.1) is 0 Å². The molecule has 0 radical (unpaired) electrons. The van der Waals surface area contributed by atoms with Crippen LogP contribution in [0.5, 0.6) is 0 Å². The van der Waals surface area contributed by atoms with E-state index in [2.05, 4.69) is 5.32 Å². The van der Waals surface area contributed by atoms with Gasteiger partial charge in [0, 0.05) is 6.42 Å². The first-order valence-electron chi connectivity index (χ1n) is 5.00. The highest BCUT2D eigenvalue weighted by Crippen LogP contribution is 2.33. The maximum absolute atomic E-state index is 11.5. The molecule has 0 spiro atoms. The summed E-state index contributed by atoms with van der Waals surface area (Å²) in [6, 6.07) is 5.19. The van der Waals surface area contributed by atoms with Crippen LogP contribution in [0.4, 0.5) is 11.4 Å². The summed E-state index contributed by atoms with van der Waals surface area (Å²) >= 11 is 5.93. The number of amides is 1. The molecule has 1 aliphatic rings. The second-order valence-corrected chi connectivity index (χ2v) is 4.31. The number of para-hydroxylation sites is 1. The van der Waals surface area contributed by atoms with Crippen molar-refractivity contribution in [1.82, 2.24) is 0 Å². The normalized spacial score (nSPS) is 15.0. The summed E-state index contributed by atoms with van der Waals surface area (Å²) in [4.78, 5) is 11.5. The summed E-state index contributed by atoms with van der Waals surface area (Å²) in [5, 5.41) is 3.24. The summed E-state index contributed by atoms with van der Waals surface area (Å²) in [6.45, 7) is 0. The van der Waals surface area contributed by atoms with Gasteiger partial charge in [-0.25, -0.2) is 0 Å². The molecule has 15 heavy (non-hydrogen) atoms. The zero-order chi connectivity index (χ0) is 10.8. The van der Waals surface area contributed by atoms with Crippen LogP contribution in [0.3, 0.4) is 0 Å². The predicted molar refractivity (Wildman–Crippen MR) is 61.8 cm³/mol. The Morgan fingerprint density at radius 2 is 2.27 bits per heavy atom. The standard InChI is InChI=1S/C11H13ClN2O/c12-8-2-1-3-9(13)11(8)14-10(15)6-7-4-5-7/h1-3,7H,4-6,13H2,(H,14,15). The van der Waals surface area contributed by atoms with Gasteiger partial charge in [0.1, 0.15) is 0 Å². The molecule has 1 aliphatic carbocycles. The molecule has 0 atom stereocenters. The number of carbonyl (C=O) groups is 1. The molecule has 2 rings (SSSR count). The maximum atomic E-state index is 11.5. The fraction of sp³-hybridized carbons (Fsp3) is 0.364. The van der Waals surface area contributed by atoms with E-state index in [4.69, 9.17) is 17.3 Å². The van der Waals surface area contributed by atoms with Gasteiger partial charge in [0.2, 0.25) is 5.91 Å². The largest absolute Gasteiger partial charge is 0.397 e. The van der Waals surface area contributed by atoms with Gasteiger partial charge >= 0.3 is 0 Å². The van der Waals surface area contributed by atoms with Crippen LogP contribution in [0.15, 0.2) is 18.2 Å². The first-order valence-corrected chi connectivity index (χ1v) is 5.38. The van der Waals surface area contributed by atoms with E-state index in [1.165, 1.54) is 0 Å². The molecule has 0 aromatic heterocycles. The van der Waals surface area contributed by atoms with Crippen molar-refractivity contribution in [2.24, 2.45) is 5.92 Å². The van der Waals surface area contributed by atoms with Gasteiger partial charge in [-0.2, -0.15) is 0 Å². The number of nitrogen functional groups attached to an aromatic ring is 1. The Labute approximate surface area is 93.6 Å². The first kappa shape index (κ1) is 10.3. The highest BCUT2D eigenvalue weighted by atomic mass is 35.5. The summed E-state index contributed by atoms with van der Waals surface area (Å²) in [6.07, 6.45) is 2.89. The van der Waals surface area contributed by atoms with Crippen LogP contribution in [-0.4, -0.2) is 5.91 Å². The quantitative estimate of drug-likeness (QED) is 0.776. The van der Waals surface area contributed by atoms with E-state index < -0.39 is 0 Å². The molecule has 0 aliphatic heterocycles. The Balaban J connectivity index is 2.05. The van der Waals surface area contributed by atoms with Crippen LogP contribution in [0, 0.1) is 5.92 Å². The van der Waals surface area contributed by atoms with E-state index in [0.29, 0.717) is 28.7 Å². The maximum Gasteiger partial charge on any atom is 0.224 e. The number of halogens is 1. The molecule has 0 saturated heterocycles. The van der Waals surface area contributed by atoms with Crippen LogP contribution in [-0.2, 0) is 4.79 Å². The lowest BCUT2D eigenvalue weighted by Crippen LogP contribution is -2.13. The minimum Gasteiger partial charge on any atom is -0.397 e. The molecule has 80 valence electrons. The van der Waals surface area contributed by atoms with Gasteiger partial charge in [-0.05, 0) is 30.9 Å². The molecule has 0 heterocycles. The lowest BCUT2D eigenvalue weighted by molar-refractivity contribution is -0.116. The number of benzene rings is 1. The van der Waals surface area contributed by atoms with Crippen molar-refractivity contribution in [3.63, 3.8) is 0 Å². The molecule has 1 fully saturated rings. The van der Waals surface area contributed by atoms with Crippen molar-refractivity contribution in [1.29, 1.82) is 0 Å². The first-order chi connectivity index (χ1) is 7.16. The third-order valence-corrected chi connectivity index (χ3v) is 2.80. The second kappa shape index (κ2) is 4.11. The minimum absolute atomic E-state index is 0.00250. The van der Waals surface area contributed by atoms with E-state index in [0.717, 1.165) is 12.8 Å². The highest BCUT2D eigenvalue weighted by Gasteiger charge is 2.24. The van der Waals surface area contributed by atoms with Crippen LogP contribution in [0.25, 0.3) is 0 Å². The van der Waals surface area contributed by atoms with Crippen molar-refractivity contribution in [3.8, 4) is 0 Å². The predicted octanol–water partition coefficient (Wildman–Crippen LogP) is 2.66. The van der Waals surface area contributed by atoms with Crippen molar-refractivity contribution in [2.75, 3.05) is 11.1 Å². The van der Waals surface area contributed by atoms with Crippen molar-refractivity contribution in [3.05, 3.63) is 23.2 Å². The van der Waals surface area contributed by atoms with Gasteiger partial charge < -0.3 is 11.1 Å². The average molecular weight is 225 g/mol. The van der Waals surface area contributed by atoms with Crippen LogP contribution in [0.1, 0.15) is 19.3 Å². The highest BCUT2D eigenvalue weighted by molar-refractivity contribution is 6.34. The zero-order valence-corrected chi connectivity index (χ0v) is 9.05. The number of rotatable bonds is 3. The third-order valence-electron chi connectivity index (χ3n) is 2.48. The van der Waals surface area contributed by atoms with Gasteiger partial charge in [0.05, 0.1) is 16.4 Å². The fourth-order valence-corrected chi connectivity index (χ4v) is 1.68. The molecular formula is C11H13ClN2O. The molecule has 0 bridgehead atoms. The Hall–Kier alpha value is -1.22. The Morgan fingerprint density at radius 1 is 1.53 bits per heavy atom. The van der Waals surface area contributed by atoms with E-state index in [1.807, 2.05) is 0 Å². The number of anilines is 2. The van der Waals surface area contributed by atoms with E-state index in [-0.39, 0.29) is 5.91 Å². The Bertz CT molecular complexity index is 368. The van der Waals surface area contributed by atoms with Gasteiger partial charge in [-0.1, -0.05) is 17.7 Å². The SMILES string of the molecule is Nc1cccc(Cl)c1NC(=O)CC1CC1. The Morgan fingerprint density at radius 3 is 2.87 bits per heavy atom. The molecule has 4 heteroatoms. The summed E-state index contributed by atoms with van der Waals surface area (Å²) in [5.74, 6) is 0.561. The molecule has 1 aromatic rings. The van der Waals surface area contributed by atoms with Crippen molar-refractivity contribution in [2.45, 2.75) is 19.3 Å². The number of nitrogens with two attached hydrogens (primary N) is 1. The van der Waals surface area contributed by atoms with Crippen LogP contribution >= 0.6 is 11.6 Å². The van der Waals surface area contributed by atoms with E-state index in [9.17, 15) is 4.79 Å². The number of hydrogen-bond donors (Lipinski definition) is 2. The van der Waals surface area contributed by atoms with Gasteiger partial charge in [0.25, 0.3) is 0 Å². The number of hydrogen-bond acceptors (Lipinski definition) is 2. The molecule has 1 saturated carbocycles. The number of carbonyl (C=O) groups excluding carboxylic acids is 1. The van der Waals surface area contributed by atoms with Crippen molar-refractivity contribution < 1.29 is 4.79 Å². The minimum atomic E-state index is -0.00250. The fourth-order valence-electron chi connectivity index (χ4n) is 1.45. The molecule has 0 unspecified atom stereocenters. The summed E-state index contributed by atoms with van der Waals surface area (Å²) in [7, 11) is 0. The summed E-state index contributed by atoms with van der Waals surface area (Å²) < 4.78 is 0. The van der Waals surface area contributed by atoms with E-state index >= 15 is 0 Å². The number of nitrogens with one attached hydrogen (secondary N) is 1. The van der Waals surface area contributed by atoms with Crippen LogP contribution < -0.4 is 11.1 Å². The van der Waals surface area contributed by atoms with Crippen LogP contribution in [0.2, 0.25) is 5.02 Å². The smallest absolute Gasteiger partial charge is 0.224 e. The Kier molecular flexibility index (Phi) is 2.82. The summed E-state index contributed by atoms with van der Waals surface area (Å²) in [5.41, 5.74) is 6.76. The molecule has 1 aromatic carbocycles. The zero-order valence-electron chi connectivity index (χ0n) is 8.29. The second-order valence-electron chi connectivity index (χ2n) is 3.90. The van der Waals surface area contributed by atoms with E-state index in [1.54, 1.807) is 18.2 Å². The lowest BCUT2D eigenvalue weighted by Gasteiger charge is -2.09. The van der Waals surface area contributed by atoms with Gasteiger partial charge in [0.15, 0.2) is 0 Å². The third kappa shape index (κ3) is 2.63. The molecule has 3 nitrogen and oxygen atoms in total. The lowest BCUT2D eigenvalue weighted by atomic mass is 10.2. The molecular weight excluding hydrogens is 212 g/mol.